The van der Waals surface area contributed by atoms with Crippen molar-refractivity contribution in [1.29, 1.82) is 0 Å². The van der Waals surface area contributed by atoms with Gasteiger partial charge in [0.1, 0.15) is 5.75 Å². The second kappa shape index (κ2) is 8.13. The monoisotopic (exact) mass is 371 g/mol. The van der Waals surface area contributed by atoms with Gasteiger partial charge in [0.25, 0.3) is 0 Å². The molecule has 142 valence electrons. The molecule has 0 atom stereocenters. The van der Waals surface area contributed by atoms with Crippen LogP contribution in [-0.4, -0.2) is 5.97 Å². The molecule has 0 aromatic heterocycles. The van der Waals surface area contributed by atoms with Crippen LogP contribution in [0.25, 0.3) is 0 Å². The average Bonchev–Trinajstić information content (AvgIpc) is 2.68. The standard InChI is InChI=1S/C25H25NO2/c1-6-25(27)28-24-13-11-21(12-14-24)26(22-9-7-17(2)19(4)15-22)23-10-8-18(3)20(5)16-23/h6-16H,1H2,2-5H3. The first-order chi connectivity index (χ1) is 13.4. The lowest BCUT2D eigenvalue weighted by Crippen LogP contribution is -2.11. The number of nitrogens with zero attached hydrogens (tertiary/aromatic N) is 1. The molecule has 0 aliphatic rings. The summed E-state index contributed by atoms with van der Waals surface area (Å²) in [5.74, 6) is 0.0294. The van der Waals surface area contributed by atoms with Gasteiger partial charge in [0.2, 0.25) is 0 Å². The van der Waals surface area contributed by atoms with Crippen LogP contribution in [0.3, 0.4) is 0 Å². The summed E-state index contributed by atoms with van der Waals surface area (Å²) in [5.41, 5.74) is 8.16. The van der Waals surface area contributed by atoms with E-state index in [1.807, 2.05) is 12.1 Å². The molecule has 0 spiro atoms. The van der Waals surface area contributed by atoms with Crippen molar-refractivity contribution >= 4 is 23.0 Å². The fourth-order valence-corrected chi connectivity index (χ4v) is 3.00. The normalized spacial score (nSPS) is 10.4. The van der Waals surface area contributed by atoms with E-state index in [9.17, 15) is 4.79 Å². The number of benzene rings is 3. The molecule has 3 aromatic rings. The highest BCUT2D eigenvalue weighted by atomic mass is 16.5. The van der Waals surface area contributed by atoms with Crippen LogP contribution in [0.4, 0.5) is 17.1 Å². The predicted molar refractivity (Wildman–Crippen MR) is 116 cm³/mol. The van der Waals surface area contributed by atoms with Crippen LogP contribution in [-0.2, 0) is 4.79 Å². The van der Waals surface area contributed by atoms with E-state index in [1.54, 1.807) is 12.1 Å². The SMILES string of the molecule is C=CC(=O)Oc1ccc(N(c2ccc(C)c(C)c2)c2ccc(C)c(C)c2)cc1. The van der Waals surface area contributed by atoms with Gasteiger partial charge in [-0.3, -0.25) is 0 Å². The molecule has 0 aliphatic carbocycles. The van der Waals surface area contributed by atoms with Crippen molar-refractivity contribution in [3.8, 4) is 5.75 Å². The Hall–Kier alpha value is -3.33. The maximum atomic E-state index is 11.4. The first-order valence-corrected chi connectivity index (χ1v) is 9.28. The van der Waals surface area contributed by atoms with Crippen LogP contribution in [0.15, 0.2) is 73.3 Å². The molecule has 0 N–H and O–H groups in total. The predicted octanol–water partition coefficient (Wildman–Crippen LogP) is 6.48. The zero-order valence-corrected chi connectivity index (χ0v) is 16.8. The Morgan fingerprint density at radius 2 is 1.21 bits per heavy atom. The van der Waals surface area contributed by atoms with Gasteiger partial charge in [-0.05, 0) is 98.5 Å². The van der Waals surface area contributed by atoms with E-state index in [0.717, 1.165) is 23.1 Å². The summed E-state index contributed by atoms with van der Waals surface area (Å²) in [5, 5.41) is 0. The van der Waals surface area contributed by atoms with Crippen molar-refractivity contribution in [2.75, 3.05) is 4.90 Å². The summed E-state index contributed by atoms with van der Waals surface area (Å²) >= 11 is 0. The fourth-order valence-electron chi connectivity index (χ4n) is 3.00. The number of aryl methyl sites for hydroxylation is 4. The van der Waals surface area contributed by atoms with E-state index in [0.29, 0.717) is 5.75 Å². The third kappa shape index (κ3) is 4.15. The Morgan fingerprint density at radius 1 is 0.750 bits per heavy atom. The van der Waals surface area contributed by atoms with Crippen molar-refractivity contribution in [3.05, 3.63) is 95.6 Å². The number of ether oxygens (including phenoxy) is 1. The number of hydrogen-bond donors (Lipinski definition) is 0. The third-order valence-electron chi connectivity index (χ3n) is 4.98. The molecule has 3 rings (SSSR count). The molecule has 3 nitrogen and oxygen atoms in total. The van der Waals surface area contributed by atoms with Gasteiger partial charge in [0.15, 0.2) is 0 Å². The number of esters is 1. The van der Waals surface area contributed by atoms with Crippen molar-refractivity contribution in [1.82, 2.24) is 0 Å². The fraction of sp³-hybridized carbons (Fsp3) is 0.160. The maximum absolute atomic E-state index is 11.4. The van der Waals surface area contributed by atoms with E-state index in [2.05, 4.69) is 75.6 Å². The first-order valence-electron chi connectivity index (χ1n) is 9.28. The average molecular weight is 371 g/mol. The molecule has 0 saturated carbocycles. The summed E-state index contributed by atoms with van der Waals surface area (Å²) in [6.07, 6.45) is 1.16. The Balaban J connectivity index is 2.07. The summed E-state index contributed by atoms with van der Waals surface area (Å²) in [4.78, 5) is 13.6. The molecule has 0 heterocycles. The molecular weight excluding hydrogens is 346 g/mol. The minimum atomic E-state index is -0.465. The lowest BCUT2D eigenvalue weighted by molar-refractivity contribution is -0.128. The molecule has 28 heavy (non-hydrogen) atoms. The van der Waals surface area contributed by atoms with Crippen LogP contribution in [0.1, 0.15) is 22.3 Å². The summed E-state index contributed by atoms with van der Waals surface area (Å²) < 4.78 is 5.20. The molecule has 0 fully saturated rings. The Kier molecular flexibility index (Phi) is 5.65. The van der Waals surface area contributed by atoms with Gasteiger partial charge >= 0.3 is 5.97 Å². The second-order valence-electron chi connectivity index (χ2n) is 6.99. The van der Waals surface area contributed by atoms with Gasteiger partial charge in [-0.15, -0.1) is 0 Å². The minimum Gasteiger partial charge on any atom is -0.423 e. The highest BCUT2D eigenvalue weighted by Crippen LogP contribution is 2.36. The maximum Gasteiger partial charge on any atom is 0.335 e. The third-order valence-corrected chi connectivity index (χ3v) is 4.98. The van der Waals surface area contributed by atoms with Gasteiger partial charge < -0.3 is 9.64 Å². The first kappa shape index (κ1) is 19.4. The highest BCUT2D eigenvalue weighted by molar-refractivity contribution is 5.83. The van der Waals surface area contributed by atoms with Gasteiger partial charge in [-0.1, -0.05) is 18.7 Å². The Morgan fingerprint density at radius 3 is 1.64 bits per heavy atom. The quantitative estimate of drug-likeness (QED) is 0.292. The number of anilines is 3. The topological polar surface area (TPSA) is 29.5 Å². The molecule has 0 radical (unpaired) electrons. The molecule has 3 heteroatoms. The van der Waals surface area contributed by atoms with Crippen LogP contribution < -0.4 is 9.64 Å². The molecule has 0 amide bonds. The number of carbonyl (C=O) groups is 1. The van der Waals surface area contributed by atoms with Crippen molar-refractivity contribution in [3.63, 3.8) is 0 Å². The van der Waals surface area contributed by atoms with Crippen molar-refractivity contribution in [2.24, 2.45) is 0 Å². The van der Waals surface area contributed by atoms with Crippen LogP contribution in [0, 0.1) is 27.7 Å². The molecule has 0 aliphatic heterocycles. The number of carbonyl (C=O) groups excluding carboxylic acids is 1. The van der Waals surface area contributed by atoms with Crippen molar-refractivity contribution in [2.45, 2.75) is 27.7 Å². The van der Waals surface area contributed by atoms with E-state index in [1.165, 1.54) is 22.3 Å². The smallest absolute Gasteiger partial charge is 0.335 e. The largest absolute Gasteiger partial charge is 0.423 e. The molecule has 0 bridgehead atoms. The van der Waals surface area contributed by atoms with Gasteiger partial charge in [-0.25, -0.2) is 4.79 Å². The summed E-state index contributed by atoms with van der Waals surface area (Å²) in [7, 11) is 0. The zero-order valence-electron chi connectivity index (χ0n) is 16.8. The Labute approximate surface area is 166 Å². The van der Waals surface area contributed by atoms with E-state index in [4.69, 9.17) is 4.74 Å². The molecule has 0 unspecified atom stereocenters. The number of hydrogen-bond acceptors (Lipinski definition) is 3. The second-order valence-corrected chi connectivity index (χ2v) is 6.99. The van der Waals surface area contributed by atoms with Gasteiger partial charge in [-0.2, -0.15) is 0 Å². The number of rotatable bonds is 5. The summed E-state index contributed by atoms with van der Waals surface area (Å²) in [6.45, 7) is 11.9. The van der Waals surface area contributed by atoms with Crippen LogP contribution in [0.5, 0.6) is 5.75 Å². The molecule has 0 saturated heterocycles. The van der Waals surface area contributed by atoms with E-state index < -0.39 is 5.97 Å². The Bertz CT molecular complexity index is 968. The van der Waals surface area contributed by atoms with Crippen LogP contribution in [0.2, 0.25) is 0 Å². The molecular formula is C25H25NO2. The van der Waals surface area contributed by atoms with Gasteiger partial charge in [0.05, 0.1) is 0 Å². The lowest BCUT2D eigenvalue weighted by atomic mass is 10.1. The minimum absolute atomic E-state index is 0.465. The van der Waals surface area contributed by atoms with Gasteiger partial charge in [0, 0.05) is 23.1 Å². The van der Waals surface area contributed by atoms with E-state index in [-0.39, 0.29) is 0 Å². The highest BCUT2D eigenvalue weighted by Gasteiger charge is 2.14. The summed E-state index contributed by atoms with van der Waals surface area (Å²) in [6, 6.07) is 20.4. The van der Waals surface area contributed by atoms with E-state index >= 15 is 0 Å². The van der Waals surface area contributed by atoms with Crippen LogP contribution >= 0.6 is 0 Å². The lowest BCUT2D eigenvalue weighted by Gasteiger charge is -2.27. The molecule has 3 aromatic carbocycles. The zero-order chi connectivity index (χ0) is 20.3. The van der Waals surface area contributed by atoms with Crippen molar-refractivity contribution < 1.29 is 9.53 Å².